The molecule has 0 aliphatic rings. The van der Waals surface area contributed by atoms with Crippen LogP contribution in [0.1, 0.15) is 18.9 Å². The summed E-state index contributed by atoms with van der Waals surface area (Å²) < 4.78 is 10.0. The van der Waals surface area contributed by atoms with E-state index in [0.29, 0.717) is 12.0 Å². The van der Waals surface area contributed by atoms with E-state index in [1.165, 1.54) is 6.08 Å². The summed E-state index contributed by atoms with van der Waals surface area (Å²) >= 11 is 0. The second kappa shape index (κ2) is 6.59. The van der Waals surface area contributed by atoms with Gasteiger partial charge in [0.15, 0.2) is 0 Å². The van der Waals surface area contributed by atoms with E-state index in [9.17, 15) is 9.59 Å². The molecular formula is C14H16O4. The first-order valence-corrected chi connectivity index (χ1v) is 5.66. The highest BCUT2D eigenvalue weighted by Gasteiger charge is 2.42. The Bertz CT molecular complexity index is 413. The van der Waals surface area contributed by atoms with Crippen molar-refractivity contribution in [3.63, 3.8) is 0 Å². The smallest absolute Gasteiger partial charge is 0.355 e. The van der Waals surface area contributed by atoms with Gasteiger partial charge in [0.05, 0.1) is 0 Å². The molecule has 0 amide bonds. The third-order valence-electron chi connectivity index (χ3n) is 2.65. The van der Waals surface area contributed by atoms with E-state index >= 15 is 0 Å². The molecule has 0 radical (unpaired) electrons. The summed E-state index contributed by atoms with van der Waals surface area (Å²) in [5.41, 5.74) is -0.792. The molecule has 0 saturated carbocycles. The Kier molecular flexibility index (Phi) is 5.11. The van der Waals surface area contributed by atoms with Gasteiger partial charge in [0.2, 0.25) is 5.60 Å². The SMILES string of the molecule is C=CCOC(=O)C(CC)(OC=O)c1ccccc1. The highest BCUT2D eigenvalue weighted by atomic mass is 16.6. The minimum Gasteiger partial charge on any atom is -0.458 e. The van der Waals surface area contributed by atoms with E-state index in [1.807, 2.05) is 6.07 Å². The third kappa shape index (κ3) is 2.77. The van der Waals surface area contributed by atoms with Crippen LogP contribution in [0.4, 0.5) is 0 Å². The van der Waals surface area contributed by atoms with Gasteiger partial charge in [-0.3, -0.25) is 4.79 Å². The number of ether oxygens (including phenoxy) is 2. The van der Waals surface area contributed by atoms with Gasteiger partial charge in [-0.1, -0.05) is 49.9 Å². The maximum Gasteiger partial charge on any atom is 0.355 e. The first kappa shape index (κ1) is 14.0. The molecule has 0 aromatic heterocycles. The van der Waals surface area contributed by atoms with Crippen molar-refractivity contribution in [2.45, 2.75) is 18.9 Å². The fourth-order valence-electron chi connectivity index (χ4n) is 1.71. The Balaban J connectivity index is 3.12. The molecule has 4 heteroatoms. The van der Waals surface area contributed by atoms with E-state index < -0.39 is 11.6 Å². The first-order valence-electron chi connectivity index (χ1n) is 5.66. The predicted molar refractivity (Wildman–Crippen MR) is 66.7 cm³/mol. The fourth-order valence-corrected chi connectivity index (χ4v) is 1.71. The van der Waals surface area contributed by atoms with E-state index in [-0.39, 0.29) is 13.1 Å². The minimum atomic E-state index is -1.38. The molecule has 0 fully saturated rings. The zero-order chi connectivity index (χ0) is 13.4. The third-order valence-corrected chi connectivity index (χ3v) is 2.65. The first-order chi connectivity index (χ1) is 8.71. The van der Waals surface area contributed by atoms with Gasteiger partial charge in [-0.15, -0.1) is 0 Å². The van der Waals surface area contributed by atoms with Crippen molar-refractivity contribution in [3.05, 3.63) is 48.6 Å². The van der Waals surface area contributed by atoms with Crippen LogP contribution >= 0.6 is 0 Å². The number of benzene rings is 1. The number of carbonyl (C=O) groups excluding carboxylic acids is 2. The van der Waals surface area contributed by atoms with Gasteiger partial charge < -0.3 is 9.47 Å². The molecule has 1 aromatic carbocycles. The summed E-state index contributed by atoms with van der Waals surface area (Å²) in [5.74, 6) is -0.594. The van der Waals surface area contributed by atoms with Gasteiger partial charge in [-0.05, 0) is 6.42 Å². The molecule has 18 heavy (non-hydrogen) atoms. The lowest BCUT2D eigenvalue weighted by Gasteiger charge is -2.28. The molecule has 0 aliphatic heterocycles. The number of hydrogen-bond acceptors (Lipinski definition) is 4. The van der Waals surface area contributed by atoms with E-state index in [0.717, 1.165) is 0 Å². The van der Waals surface area contributed by atoms with E-state index in [4.69, 9.17) is 9.47 Å². The van der Waals surface area contributed by atoms with Crippen LogP contribution in [0.25, 0.3) is 0 Å². The molecular weight excluding hydrogens is 232 g/mol. The number of esters is 1. The van der Waals surface area contributed by atoms with Gasteiger partial charge in [-0.25, -0.2) is 4.79 Å². The largest absolute Gasteiger partial charge is 0.458 e. The van der Waals surface area contributed by atoms with Crippen LogP contribution in [0.2, 0.25) is 0 Å². The van der Waals surface area contributed by atoms with Crippen molar-refractivity contribution in [3.8, 4) is 0 Å². The lowest BCUT2D eigenvalue weighted by atomic mass is 9.91. The molecule has 0 bridgehead atoms. The highest BCUT2D eigenvalue weighted by molar-refractivity contribution is 5.82. The molecule has 0 saturated heterocycles. The van der Waals surface area contributed by atoms with Gasteiger partial charge in [0.25, 0.3) is 6.47 Å². The Labute approximate surface area is 106 Å². The molecule has 0 aliphatic carbocycles. The quantitative estimate of drug-likeness (QED) is 0.421. The maximum absolute atomic E-state index is 12.1. The molecule has 96 valence electrons. The molecule has 1 unspecified atom stereocenters. The van der Waals surface area contributed by atoms with Gasteiger partial charge in [-0.2, -0.15) is 0 Å². The van der Waals surface area contributed by atoms with Crippen LogP contribution in [-0.4, -0.2) is 19.0 Å². The Morgan fingerprint density at radius 1 is 1.39 bits per heavy atom. The Morgan fingerprint density at radius 2 is 2.06 bits per heavy atom. The Morgan fingerprint density at radius 3 is 2.56 bits per heavy atom. The van der Waals surface area contributed by atoms with Crippen LogP contribution in [0.5, 0.6) is 0 Å². The second-order valence-corrected chi connectivity index (χ2v) is 3.65. The molecule has 0 spiro atoms. The molecule has 1 aromatic rings. The molecule has 0 N–H and O–H groups in total. The van der Waals surface area contributed by atoms with Crippen molar-refractivity contribution in [2.75, 3.05) is 6.61 Å². The summed E-state index contributed by atoms with van der Waals surface area (Å²) in [4.78, 5) is 22.8. The summed E-state index contributed by atoms with van der Waals surface area (Å²) in [6.07, 6.45) is 1.76. The van der Waals surface area contributed by atoms with E-state index in [2.05, 4.69) is 6.58 Å². The predicted octanol–water partition coefficient (Wildman–Crippen LogP) is 2.19. The zero-order valence-corrected chi connectivity index (χ0v) is 10.3. The summed E-state index contributed by atoms with van der Waals surface area (Å²) in [6.45, 7) is 5.58. The normalized spacial score (nSPS) is 13.2. The molecule has 1 rings (SSSR count). The van der Waals surface area contributed by atoms with Gasteiger partial charge in [0, 0.05) is 5.56 Å². The number of hydrogen-bond donors (Lipinski definition) is 0. The lowest BCUT2D eigenvalue weighted by molar-refractivity contribution is -0.177. The fraction of sp³-hybridized carbons (Fsp3) is 0.286. The average molecular weight is 248 g/mol. The van der Waals surface area contributed by atoms with Crippen LogP contribution in [0, 0.1) is 0 Å². The maximum atomic E-state index is 12.1. The summed E-state index contributed by atoms with van der Waals surface area (Å²) in [7, 11) is 0. The zero-order valence-electron chi connectivity index (χ0n) is 10.3. The second-order valence-electron chi connectivity index (χ2n) is 3.65. The van der Waals surface area contributed by atoms with Crippen LogP contribution < -0.4 is 0 Å². The average Bonchev–Trinajstić information content (AvgIpc) is 2.43. The van der Waals surface area contributed by atoms with Crippen molar-refractivity contribution in [2.24, 2.45) is 0 Å². The minimum absolute atomic E-state index is 0.0790. The summed E-state index contributed by atoms with van der Waals surface area (Å²) in [5, 5.41) is 0. The van der Waals surface area contributed by atoms with Gasteiger partial charge >= 0.3 is 5.97 Å². The highest BCUT2D eigenvalue weighted by Crippen LogP contribution is 2.30. The van der Waals surface area contributed by atoms with Crippen LogP contribution in [-0.2, 0) is 24.7 Å². The van der Waals surface area contributed by atoms with Crippen LogP contribution in [0.3, 0.4) is 0 Å². The van der Waals surface area contributed by atoms with Crippen molar-refractivity contribution >= 4 is 12.4 Å². The van der Waals surface area contributed by atoms with Crippen molar-refractivity contribution < 1.29 is 19.1 Å². The summed E-state index contributed by atoms with van der Waals surface area (Å²) in [6, 6.07) is 8.81. The Hall–Kier alpha value is -2.10. The molecule has 1 atom stereocenters. The standard InChI is InChI=1S/C14H16O4/c1-3-10-17-13(16)14(4-2,18-11-15)12-8-6-5-7-9-12/h3,5-9,11H,1,4,10H2,2H3. The molecule has 4 nitrogen and oxygen atoms in total. The van der Waals surface area contributed by atoms with Crippen molar-refractivity contribution in [1.82, 2.24) is 0 Å². The monoisotopic (exact) mass is 248 g/mol. The lowest BCUT2D eigenvalue weighted by Crippen LogP contribution is -2.39. The number of carbonyl (C=O) groups is 2. The molecule has 0 heterocycles. The van der Waals surface area contributed by atoms with Gasteiger partial charge in [0.1, 0.15) is 6.61 Å². The number of rotatable bonds is 7. The van der Waals surface area contributed by atoms with E-state index in [1.54, 1.807) is 31.2 Å². The topological polar surface area (TPSA) is 52.6 Å². The van der Waals surface area contributed by atoms with Crippen LogP contribution in [0.15, 0.2) is 43.0 Å². The van der Waals surface area contributed by atoms with Crippen molar-refractivity contribution in [1.29, 1.82) is 0 Å².